The van der Waals surface area contributed by atoms with Gasteiger partial charge in [-0.05, 0) is 60.5 Å². The number of rotatable bonds is 8. The first-order chi connectivity index (χ1) is 13.2. The van der Waals surface area contributed by atoms with Gasteiger partial charge in [0.15, 0.2) is 11.5 Å². The van der Waals surface area contributed by atoms with E-state index in [-0.39, 0.29) is 11.9 Å². The van der Waals surface area contributed by atoms with E-state index in [9.17, 15) is 4.79 Å². The van der Waals surface area contributed by atoms with Crippen LogP contribution in [0.25, 0.3) is 0 Å². The van der Waals surface area contributed by atoms with Crippen molar-refractivity contribution in [2.24, 2.45) is 0 Å². The molecule has 1 unspecified atom stereocenters. The number of hydrogen-bond acceptors (Lipinski definition) is 6. The summed E-state index contributed by atoms with van der Waals surface area (Å²) < 4.78 is 16.1. The Morgan fingerprint density at radius 2 is 1.85 bits per heavy atom. The lowest BCUT2D eigenvalue weighted by molar-refractivity contribution is 0.0934. The third-order valence-electron chi connectivity index (χ3n) is 4.91. The molecule has 1 N–H and O–H groups in total. The van der Waals surface area contributed by atoms with Gasteiger partial charge in [-0.3, -0.25) is 9.69 Å². The van der Waals surface area contributed by atoms with Gasteiger partial charge in [0.1, 0.15) is 0 Å². The summed E-state index contributed by atoms with van der Waals surface area (Å²) in [6.07, 6.45) is 2.41. The van der Waals surface area contributed by atoms with E-state index in [1.54, 1.807) is 30.6 Å². The zero-order valence-electron chi connectivity index (χ0n) is 16.0. The second kappa shape index (κ2) is 9.10. The number of likely N-dealkylation sites (tertiary alicyclic amines) is 1. The van der Waals surface area contributed by atoms with Crippen LogP contribution in [0.2, 0.25) is 0 Å². The van der Waals surface area contributed by atoms with Crippen molar-refractivity contribution in [2.75, 3.05) is 41.0 Å². The molecule has 1 fully saturated rings. The topological polar surface area (TPSA) is 60.0 Å². The molecule has 3 rings (SSSR count). The monoisotopic (exact) mass is 390 g/mol. The molecule has 1 amide bonds. The van der Waals surface area contributed by atoms with E-state index in [1.807, 2.05) is 0 Å². The molecule has 0 radical (unpaired) electrons. The van der Waals surface area contributed by atoms with E-state index in [0.717, 1.165) is 13.1 Å². The van der Waals surface area contributed by atoms with Gasteiger partial charge in [-0.2, -0.15) is 11.3 Å². The number of methoxy groups -OCH3 is 3. The Morgan fingerprint density at radius 3 is 2.44 bits per heavy atom. The van der Waals surface area contributed by atoms with Crippen molar-refractivity contribution in [1.82, 2.24) is 10.2 Å². The van der Waals surface area contributed by atoms with Gasteiger partial charge in [0.2, 0.25) is 5.75 Å². The molecule has 27 heavy (non-hydrogen) atoms. The minimum atomic E-state index is -0.188. The highest BCUT2D eigenvalue weighted by Crippen LogP contribution is 2.39. The highest BCUT2D eigenvalue weighted by molar-refractivity contribution is 7.07. The lowest BCUT2D eigenvalue weighted by atomic mass is 10.1. The number of nitrogens with one attached hydrogen (secondary N) is 1. The highest BCUT2D eigenvalue weighted by Gasteiger charge is 2.26. The zero-order valence-corrected chi connectivity index (χ0v) is 16.8. The predicted molar refractivity (Wildman–Crippen MR) is 106 cm³/mol. The van der Waals surface area contributed by atoms with Gasteiger partial charge < -0.3 is 19.5 Å². The van der Waals surface area contributed by atoms with Gasteiger partial charge in [0.25, 0.3) is 5.91 Å². The molecule has 1 aromatic heterocycles. The van der Waals surface area contributed by atoms with Gasteiger partial charge in [0, 0.05) is 6.54 Å². The van der Waals surface area contributed by atoms with Crippen molar-refractivity contribution in [1.29, 1.82) is 0 Å². The fraction of sp³-hybridized carbons (Fsp3) is 0.450. The molecule has 0 bridgehead atoms. The van der Waals surface area contributed by atoms with Crippen LogP contribution in [0.4, 0.5) is 0 Å². The molecule has 1 saturated heterocycles. The average molecular weight is 391 g/mol. The fourth-order valence-electron chi connectivity index (χ4n) is 3.54. The number of carbonyl (C=O) groups excluding carboxylic acids is 1. The van der Waals surface area contributed by atoms with Crippen molar-refractivity contribution in [3.05, 3.63) is 40.1 Å². The molecule has 1 atom stereocenters. The smallest absolute Gasteiger partial charge is 0.255 e. The lowest BCUT2D eigenvalue weighted by Gasteiger charge is -2.27. The standard InChI is InChI=1S/C20H26N2O4S/c1-24-17-7-6-15(18(25-2)19(17)26-3)20(23)21-12-16(14-8-11-27-13-14)22-9-4-5-10-22/h6-8,11,13,16H,4-5,9-10,12H2,1-3H3,(H,21,23). The summed E-state index contributed by atoms with van der Waals surface area (Å²) in [4.78, 5) is 15.3. The summed E-state index contributed by atoms with van der Waals surface area (Å²) in [5.74, 6) is 1.13. The summed E-state index contributed by atoms with van der Waals surface area (Å²) in [7, 11) is 4.60. The van der Waals surface area contributed by atoms with Crippen LogP contribution in [0.15, 0.2) is 29.0 Å². The Labute approximate surface area is 164 Å². The summed E-state index contributed by atoms with van der Waals surface area (Å²) >= 11 is 1.68. The van der Waals surface area contributed by atoms with Crippen molar-refractivity contribution in [3.63, 3.8) is 0 Å². The lowest BCUT2D eigenvalue weighted by Crippen LogP contribution is -2.36. The van der Waals surface area contributed by atoms with Crippen LogP contribution in [0.5, 0.6) is 17.2 Å². The van der Waals surface area contributed by atoms with Crippen molar-refractivity contribution >= 4 is 17.2 Å². The number of nitrogens with zero attached hydrogens (tertiary/aromatic N) is 1. The molecule has 146 valence electrons. The maximum absolute atomic E-state index is 12.9. The molecule has 7 heteroatoms. The van der Waals surface area contributed by atoms with Crippen LogP contribution >= 0.6 is 11.3 Å². The minimum Gasteiger partial charge on any atom is -0.493 e. The Balaban J connectivity index is 1.78. The average Bonchev–Trinajstić information content (AvgIpc) is 3.41. The van der Waals surface area contributed by atoms with Crippen LogP contribution in [0.3, 0.4) is 0 Å². The summed E-state index contributed by atoms with van der Waals surface area (Å²) in [6.45, 7) is 2.68. The predicted octanol–water partition coefficient (Wildman–Crippen LogP) is 3.34. The Morgan fingerprint density at radius 1 is 1.11 bits per heavy atom. The number of hydrogen-bond donors (Lipinski definition) is 1. The Kier molecular flexibility index (Phi) is 6.58. The number of ether oxygens (including phenoxy) is 3. The van der Waals surface area contributed by atoms with E-state index in [2.05, 4.69) is 27.0 Å². The molecular weight excluding hydrogens is 364 g/mol. The normalized spacial score (nSPS) is 15.4. The van der Waals surface area contributed by atoms with E-state index in [1.165, 1.54) is 32.6 Å². The molecule has 1 aliphatic heterocycles. The second-order valence-corrected chi connectivity index (χ2v) is 7.19. The Bertz CT molecular complexity index is 758. The number of thiophene rings is 1. The summed E-state index contributed by atoms with van der Waals surface area (Å²) in [6, 6.07) is 5.74. The molecule has 0 spiro atoms. The van der Waals surface area contributed by atoms with Crippen LogP contribution in [-0.2, 0) is 0 Å². The first-order valence-electron chi connectivity index (χ1n) is 9.03. The molecule has 0 saturated carbocycles. The number of carbonyl (C=O) groups is 1. The van der Waals surface area contributed by atoms with Crippen LogP contribution in [-0.4, -0.2) is 51.8 Å². The van der Waals surface area contributed by atoms with Gasteiger partial charge in [-0.15, -0.1) is 0 Å². The van der Waals surface area contributed by atoms with E-state index in [4.69, 9.17) is 14.2 Å². The first-order valence-corrected chi connectivity index (χ1v) is 9.97. The fourth-order valence-corrected chi connectivity index (χ4v) is 4.25. The third-order valence-corrected chi connectivity index (χ3v) is 5.62. The van der Waals surface area contributed by atoms with Gasteiger partial charge in [-0.25, -0.2) is 0 Å². The van der Waals surface area contributed by atoms with Gasteiger partial charge in [-0.1, -0.05) is 0 Å². The largest absolute Gasteiger partial charge is 0.493 e. The summed E-state index contributed by atoms with van der Waals surface area (Å²) in [5.41, 5.74) is 1.68. The number of benzene rings is 1. The van der Waals surface area contributed by atoms with Crippen LogP contribution in [0, 0.1) is 0 Å². The summed E-state index contributed by atoms with van der Waals surface area (Å²) in [5, 5.41) is 7.32. The zero-order chi connectivity index (χ0) is 19.2. The minimum absolute atomic E-state index is 0.188. The number of amides is 1. The van der Waals surface area contributed by atoms with E-state index < -0.39 is 0 Å². The quantitative estimate of drug-likeness (QED) is 0.749. The van der Waals surface area contributed by atoms with E-state index >= 15 is 0 Å². The van der Waals surface area contributed by atoms with E-state index in [0.29, 0.717) is 29.4 Å². The molecule has 2 aromatic rings. The van der Waals surface area contributed by atoms with Gasteiger partial charge in [0.05, 0.1) is 32.9 Å². The molecule has 2 heterocycles. The van der Waals surface area contributed by atoms with Gasteiger partial charge >= 0.3 is 0 Å². The molecule has 1 aromatic carbocycles. The second-order valence-electron chi connectivity index (χ2n) is 6.41. The maximum atomic E-state index is 12.9. The van der Waals surface area contributed by atoms with Crippen molar-refractivity contribution in [2.45, 2.75) is 18.9 Å². The first kappa shape index (κ1) is 19.5. The van der Waals surface area contributed by atoms with Crippen LogP contribution in [0.1, 0.15) is 34.8 Å². The Hall–Kier alpha value is -2.25. The maximum Gasteiger partial charge on any atom is 0.255 e. The highest BCUT2D eigenvalue weighted by atomic mass is 32.1. The molecular formula is C20H26N2O4S. The molecule has 1 aliphatic rings. The van der Waals surface area contributed by atoms with Crippen molar-refractivity contribution < 1.29 is 19.0 Å². The van der Waals surface area contributed by atoms with Crippen molar-refractivity contribution in [3.8, 4) is 17.2 Å². The SMILES string of the molecule is COc1ccc(C(=O)NCC(c2ccsc2)N2CCCC2)c(OC)c1OC. The third kappa shape index (κ3) is 4.20. The van der Waals surface area contributed by atoms with Crippen LogP contribution < -0.4 is 19.5 Å². The molecule has 0 aliphatic carbocycles. The molecule has 6 nitrogen and oxygen atoms in total.